The molecule has 0 saturated carbocycles. The molecule has 0 heterocycles. The van der Waals surface area contributed by atoms with Crippen molar-refractivity contribution in [1.82, 2.24) is 4.31 Å². The van der Waals surface area contributed by atoms with Crippen LogP contribution in [0.1, 0.15) is 37.0 Å². The van der Waals surface area contributed by atoms with Gasteiger partial charge in [0.15, 0.2) is 0 Å². The van der Waals surface area contributed by atoms with Gasteiger partial charge in [0.1, 0.15) is 0 Å². The third kappa shape index (κ3) is 5.46. The molecular formula is C14H20N2O7S. The molecule has 0 N–H and O–H groups in total. The molecule has 9 nitrogen and oxygen atoms in total. The van der Waals surface area contributed by atoms with Crippen LogP contribution in [0.2, 0.25) is 0 Å². The van der Waals surface area contributed by atoms with E-state index >= 15 is 0 Å². The van der Waals surface area contributed by atoms with E-state index in [0.717, 1.165) is 0 Å². The van der Waals surface area contributed by atoms with Gasteiger partial charge in [-0.15, -0.1) is 10.1 Å². The SMILES string of the molecule is CCCN(CCC)S(=O)(=O)c1ccc(C(=O)OCO[N+](=O)[O-])cc1. The maximum absolute atomic E-state index is 12.6. The van der Waals surface area contributed by atoms with E-state index < -0.39 is 27.9 Å². The third-order valence-electron chi connectivity index (χ3n) is 3.02. The Morgan fingerprint density at radius 2 is 1.71 bits per heavy atom. The number of carbonyl (C=O) groups excluding carboxylic acids is 1. The average molecular weight is 360 g/mol. The van der Waals surface area contributed by atoms with Crippen molar-refractivity contribution in [2.45, 2.75) is 31.6 Å². The number of nitrogens with zero attached hydrogens (tertiary/aromatic N) is 2. The largest absolute Gasteiger partial charge is 0.434 e. The van der Waals surface area contributed by atoms with Crippen molar-refractivity contribution in [2.75, 3.05) is 19.9 Å². The summed E-state index contributed by atoms with van der Waals surface area (Å²) >= 11 is 0. The van der Waals surface area contributed by atoms with Crippen LogP contribution in [0.4, 0.5) is 0 Å². The van der Waals surface area contributed by atoms with Gasteiger partial charge >= 0.3 is 5.97 Å². The maximum Gasteiger partial charge on any atom is 0.340 e. The Labute approximate surface area is 140 Å². The molecule has 0 fully saturated rings. The molecule has 1 rings (SSSR count). The zero-order valence-electron chi connectivity index (χ0n) is 13.5. The van der Waals surface area contributed by atoms with Crippen LogP contribution in [0.25, 0.3) is 0 Å². The first-order valence-electron chi connectivity index (χ1n) is 7.37. The number of benzene rings is 1. The minimum Gasteiger partial charge on any atom is -0.434 e. The van der Waals surface area contributed by atoms with E-state index in [4.69, 9.17) is 0 Å². The molecule has 0 aliphatic heterocycles. The molecule has 0 atom stereocenters. The van der Waals surface area contributed by atoms with Crippen LogP contribution in [0.3, 0.4) is 0 Å². The summed E-state index contributed by atoms with van der Waals surface area (Å²) in [4.78, 5) is 25.6. The van der Waals surface area contributed by atoms with Crippen molar-refractivity contribution in [2.24, 2.45) is 0 Å². The molecule has 0 spiro atoms. The second kappa shape index (κ2) is 9.18. The zero-order valence-corrected chi connectivity index (χ0v) is 14.3. The Morgan fingerprint density at radius 3 is 2.17 bits per heavy atom. The number of esters is 1. The monoisotopic (exact) mass is 360 g/mol. The zero-order chi connectivity index (χ0) is 18.2. The van der Waals surface area contributed by atoms with Gasteiger partial charge in [0.05, 0.1) is 10.5 Å². The second-order valence-electron chi connectivity index (χ2n) is 4.83. The summed E-state index contributed by atoms with van der Waals surface area (Å²) in [5.41, 5.74) is 0.0680. The van der Waals surface area contributed by atoms with Crippen LogP contribution in [0, 0.1) is 10.1 Å². The fourth-order valence-electron chi connectivity index (χ4n) is 1.97. The Kier molecular flexibility index (Phi) is 7.59. The molecule has 1 aromatic carbocycles. The van der Waals surface area contributed by atoms with Crippen molar-refractivity contribution >= 4 is 16.0 Å². The Hall–Kier alpha value is -2.20. The van der Waals surface area contributed by atoms with Gasteiger partial charge in [-0.3, -0.25) is 4.84 Å². The summed E-state index contributed by atoms with van der Waals surface area (Å²) in [6.07, 6.45) is 1.39. The van der Waals surface area contributed by atoms with Crippen LogP contribution in [-0.2, 0) is 19.6 Å². The standard InChI is InChI=1S/C14H20N2O7S/c1-3-9-15(10-4-2)24(20,21)13-7-5-12(6-8-13)14(17)22-11-23-16(18)19/h5-8H,3-4,9-11H2,1-2H3. The maximum atomic E-state index is 12.6. The molecule has 0 aromatic heterocycles. The number of sulfonamides is 1. The fourth-order valence-corrected chi connectivity index (χ4v) is 3.59. The lowest BCUT2D eigenvalue weighted by Crippen LogP contribution is -2.32. The highest BCUT2D eigenvalue weighted by molar-refractivity contribution is 7.89. The highest BCUT2D eigenvalue weighted by atomic mass is 32.2. The van der Waals surface area contributed by atoms with E-state index in [1.54, 1.807) is 0 Å². The molecule has 0 amide bonds. The van der Waals surface area contributed by atoms with Gasteiger partial charge in [-0.05, 0) is 37.1 Å². The number of carbonyl (C=O) groups is 1. The van der Waals surface area contributed by atoms with E-state index in [0.29, 0.717) is 25.9 Å². The normalized spacial score (nSPS) is 11.3. The lowest BCUT2D eigenvalue weighted by atomic mass is 10.2. The smallest absolute Gasteiger partial charge is 0.340 e. The third-order valence-corrected chi connectivity index (χ3v) is 4.93. The Morgan fingerprint density at radius 1 is 1.17 bits per heavy atom. The summed E-state index contributed by atoms with van der Waals surface area (Å²) in [5.74, 6) is -0.847. The number of hydrogen-bond acceptors (Lipinski definition) is 7. The van der Waals surface area contributed by atoms with Gasteiger partial charge in [-0.2, -0.15) is 4.31 Å². The first-order valence-corrected chi connectivity index (χ1v) is 8.81. The molecule has 0 unspecified atom stereocenters. The molecule has 0 saturated heterocycles. The summed E-state index contributed by atoms with van der Waals surface area (Å²) in [6, 6.07) is 5.19. The number of hydrogen-bond donors (Lipinski definition) is 0. The number of ether oxygens (including phenoxy) is 1. The fraction of sp³-hybridized carbons (Fsp3) is 0.500. The van der Waals surface area contributed by atoms with E-state index in [9.17, 15) is 23.3 Å². The van der Waals surface area contributed by atoms with Crippen molar-refractivity contribution < 1.29 is 27.9 Å². The van der Waals surface area contributed by atoms with Gasteiger partial charge in [0, 0.05) is 13.1 Å². The first-order chi connectivity index (χ1) is 11.3. The molecule has 24 heavy (non-hydrogen) atoms. The lowest BCUT2D eigenvalue weighted by molar-refractivity contribution is -0.765. The van der Waals surface area contributed by atoms with Gasteiger partial charge in [-0.1, -0.05) is 13.8 Å². The summed E-state index contributed by atoms with van der Waals surface area (Å²) in [5, 5.41) is 8.88. The van der Waals surface area contributed by atoms with E-state index in [2.05, 4.69) is 9.57 Å². The average Bonchev–Trinajstić information content (AvgIpc) is 2.54. The van der Waals surface area contributed by atoms with Gasteiger partial charge in [0.25, 0.3) is 5.09 Å². The van der Waals surface area contributed by atoms with Crippen LogP contribution >= 0.6 is 0 Å². The minimum absolute atomic E-state index is 0.0680. The Bertz CT molecular complexity index is 652. The van der Waals surface area contributed by atoms with E-state index in [1.807, 2.05) is 13.8 Å². The van der Waals surface area contributed by atoms with Gasteiger partial charge in [0.2, 0.25) is 16.8 Å². The van der Waals surface area contributed by atoms with Crippen molar-refractivity contribution in [3.05, 3.63) is 39.9 Å². The van der Waals surface area contributed by atoms with Gasteiger partial charge in [-0.25, -0.2) is 13.2 Å². The molecule has 1 aromatic rings. The highest BCUT2D eigenvalue weighted by Crippen LogP contribution is 2.17. The van der Waals surface area contributed by atoms with E-state index in [1.165, 1.54) is 28.6 Å². The molecular weight excluding hydrogens is 340 g/mol. The van der Waals surface area contributed by atoms with Crippen LogP contribution in [0.5, 0.6) is 0 Å². The minimum atomic E-state index is -3.63. The van der Waals surface area contributed by atoms with Crippen LogP contribution in [0.15, 0.2) is 29.2 Å². The summed E-state index contributed by atoms with van der Waals surface area (Å²) in [6.45, 7) is 3.79. The van der Waals surface area contributed by atoms with Crippen molar-refractivity contribution in [3.63, 3.8) is 0 Å². The topological polar surface area (TPSA) is 116 Å². The van der Waals surface area contributed by atoms with E-state index in [-0.39, 0.29) is 10.5 Å². The molecule has 10 heteroatoms. The number of rotatable bonds is 10. The summed E-state index contributed by atoms with van der Waals surface area (Å²) in [7, 11) is -3.63. The second-order valence-corrected chi connectivity index (χ2v) is 6.77. The molecule has 0 bridgehead atoms. The first kappa shape index (κ1) is 19.8. The predicted octanol–water partition coefficient (Wildman–Crippen LogP) is 1.82. The molecule has 0 radical (unpaired) electrons. The quantitative estimate of drug-likeness (QED) is 0.270. The lowest BCUT2D eigenvalue weighted by Gasteiger charge is -2.21. The van der Waals surface area contributed by atoms with Crippen LogP contribution < -0.4 is 0 Å². The van der Waals surface area contributed by atoms with Gasteiger partial charge < -0.3 is 4.74 Å². The molecule has 134 valence electrons. The van der Waals surface area contributed by atoms with Crippen molar-refractivity contribution in [1.29, 1.82) is 0 Å². The molecule has 0 aliphatic carbocycles. The summed E-state index contributed by atoms with van der Waals surface area (Å²) < 4.78 is 31.0. The Balaban J connectivity index is 2.85. The van der Waals surface area contributed by atoms with Crippen LogP contribution in [-0.4, -0.2) is 43.7 Å². The predicted molar refractivity (Wildman–Crippen MR) is 84.1 cm³/mol. The highest BCUT2D eigenvalue weighted by Gasteiger charge is 2.23. The molecule has 0 aliphatic rings. The van der Waals surface area contributed by atoms with Crippen molar-refractivity contribution in [3.8, 4) is 0 Å².